The number of pyridine rings is 1. The number of alkyl halides is 3. The number of halogens is 3. The normalized spacial score (nSPS) is 12.3. The van der Waals surface area contributed by atoms with Gasteiger partial charge in [-0.3, -0.25) is 9.59 Å². The number of carboxylic acids is 1. The Morgan fingerprint density at radius 2 is 1.89 bits per heavy atom. The lowest BCUT2D eigenvalue weighted by molar-refractivity contribution is -0.154. The molecule has 2 rings (SSSR count). The van der Waals surface area contributed by atoms with Crippen LogP contribution in [0.3, 0.4) is 0 Å². The Morgan fingerprint density at radius 3 is 2.48 bits per heavy atom. The predicted octanol–water partition coefficient (Wildman–Crippen LogP) is 3.54. The van der Waals surface area contributed by atoms with Gasteiger partial charge in [0.1, 0.15) is 5.56 Å². The first-order valence-electron chi connectivity index (χ1n) is 7.93. The highest BCUT2D eigenvalue weighted by Crippen LogP contribution is 2.21. The zero-order valence-corrected chi connectivity index (χ0v) is 14.3. The molecule has 0 radical (unpaired) electrons. The summed E-state index contributed by atoms with van der Waals surface area (Å²) in [4.78, 5) is 26.9. The minimum absolute atomic E-state index is 0.134. The largest absolute Gasteiger partial charge is 0.481 e. The van der Waals surface area contributed by atoms with E-state index in [1.807, 2.05) is 0 Å². The molecule has 0 saturated heterocycles. The first-order chi connectivity index (χ1) is 12.7. The second kappa shape index (κ2) is 8.52. The summed E-state index contributed by atoms with van der Waals surface area (Å²) in [5.74, 6) is -2.55. The molecule has 1 atom stereocenters. The molecular weight excluding hydrogens is 365 g/mol. The van der Waals surface area contributed by atoms with Crippen LogP contribution in [0, 0.1) is 5.92 Å². The van der Waals surface area contributed by atoms with E-state index in [0.29, 0.717) is 12.1 Å². The highest BCUT2D eigenvalue weighted by atomic mass is 19.4. The number of hydrogen-bond donors (Lipinski definition) is 2. The second-order valence-corrected chi connectivity index (χ2v) is 5.85. The van der Waals surface area contributed by atoms with Crippen molar-refractivity contribution in [1.82, 2.24) is 4.98 Å². The zero-order chi connectivity index (χ0) is 20.0. The van der Waals surface area contributed by atoms with Crippen LogP contribution in [0.25, 0.3) is 0 Å². The number of rotatable bonds is 7. The maximum Gasteiger partial charge on any atom is 0.422 e. The number of nitrogens with zero attached hydrogens (tertiary/aromatic N) is 1. The Kier molecular flexibility index (Phi) is 6.38. The van der Waals surface area contributed by atoms with E-state index < -0.39 is 36.5 Å². The molecule has 0 aliphatic carbocycles. The Hall–Kier alpha value is -3.10. The van der Waals surface area contributed by atoms with Gasteiger partial charge in [0.2, 0.25) is 5.88 Å². The van der Waals surface area contributed by atoms with E-state index in [1.165, 1.54) is 18.3 Å². The molecule has 1 amide bonds. The summed E-state index contributed by atoms with van der Waals surface area (Å²) < 4.78 is 41.5. The van der Waals surface area contributed by atoms with Crippen LogP contribution in [0.4, 0.5) is 18.9 Å². The van der Waals surface area contributed by atoms with E-state index in [0.717, 1.165) is 5.56 Å². The lowest BCUT2D eigenvalue weighted by Gasteiger charge is -2.12. The van der Waals surface area contributed by atoms with Gasteiger partial charge >= 0.3 is 12.1 Å². The third-order valence-electron chi connectivity index (χ3n) is 3.56. The highest BCUT2D eigenvalue weighted by Gasteiger charge is 2.29. The van der Waals surface area contributed by atoms with Gasteiger partial charge in [0, 0.05) is 11.9 Å². The molecule has 0 spiro atoms. The van der Waals surface area contributed by atoms with Crippen LogP contribution in [0.1, 0.15) is 22.8 Å². The highest BCUT2D eigenvalue weighted by molar-refractivity contribution is 6.05. The zero-order valence-electron chi connectivity index (χ0n) is 14.3. The van der Waals surface area contributed by atoms with Crippen LogP contribution in [0.15, 0.2) is 42.6 Å². The van der Waals surface area contributed by atoms with E-state index in [1.54, 1.807) is 31.2 Å². The summed E-state index contributed by atoms with van der Waals surface area (Å²) in [7, 11) is 0. The minimum atomic E-state index is -4.55. The van der Waals surface area contributed by atoms with Crippen molar-refractivity contribution in [2.24, 2.45) is 5.92 Å². The van der Waals surface area contributed by atoms with Gasteiger partial charge in [-0.2, -0.15) is 13.2 Å². The van der Waals surface area contributed by atoms with E-state index >= 15 is 0 Å². The number of hydrogen-bond acceptors (Lipinski definition) is 4. The van der Waals surface area contributed by atoms with Crippen LogP contribution in [-0.4, -0.2) is 34.8 Å². The van der Waals surface area contributed by atoms with Gasteiger partial charge in [0.05, 0.1) is 5.92 Å². The number of carboxylic acid groups (broad SMARTS) is 1. The second-order valence-electron chi connectivity index (χ2n) is 5.85. The number of aliphatic carboxylic acids is 1. The van der Waals surface area contributed by atoms with Crippen molar-refractivity contribution in [2.75, 3.05) is 11.9 Å². The van der Waals surface area contributed by atoms with E-state index in [2.05, 4.69) is 15.0 Å². The van der Waals surface area contributed by atoms with Crippen LogP contribution < -0.4 is 10.1 Å². The van der Waals surface area contributed by atoms with E-state index in [4.69, 9.17) is 5.11 Å². The topological polar surface area (TPSA) is 88.5 Å². The molecule has 6 nitrogen and oxygen atoms in total. The Bertz CT molecular complexity index is 807. The first kappa shape index (κ1) is 20.2. The van der Waals surface area contributed by atoms with Crippen LogP contribution >= 0.6 is 0 Å². The van der Waals surface area contributed by atoms with Crippen LogP contribution in [-0.2, 0) is 11.2 Å². The van der Waals surface area contributed by atoms with E-state index in [9.17, 15) is 22.8 Å². The molecule has 9 heteroatoms. The van der Waals surface area contributed by atoms with Crippen molar-refractivity contribution in [3.8, 4) is 5.88 Å². The average Bonchev–Trinajstić information content (AvgIpc) is 2.61. The summed E-state index contributed by atoms with van der Waals surface area (Å²) >= 11 is 0. The van der Waals surface area contributed by atoms with Crippen molar-refractivity contribution < 1.29 is 32.6 Å². The number of aromatic nitrogens is 1. The molecule has 0 bridgehead atoms. The van der Waals surface area contributed by atoms with Crippen LogP contribution in [0.2, 0.25) is 0 Å². The van der Waals surface area contributed by atoms with Crippen molar-refractivity contribution >= 4 is 17.6 Å². The number of nitrogens with one attached hydrogen (secondary N) is 1. The minimum Gasteiger partial charge on any atom is -0.481 e. The summed E-state index contributed by atoms with van der Waals surface area (Å²) in [5, 5.41) is 11.5. The molecule has 1 heterocycles. The molecule has 1 aromatic heterocycles. The van der Waals surface area contributed by atoms with Gasteiger partial charge in [-0.15, -0.1) is 0 Å². The summed E-state index contributed by atoms with van der Waals surface area (Å²) in [5.41, 5.74) is 1.04. The molecule has 0 saturated carbocycles. The summed E-state index contributed by atoms with van der Waals surface area (Å²) in [6.45, 7) is 0.0314. The molecule has 1 unspecified atom stereocenters. The molecule has 0 fully saturated rings. The van der Waals surface area contributed by atoms with Crippen molar-refractivity contribution in [3.05, 3.63) is 53.7 Å². The molecule has 27 heavy (non-hydrogen) atoms. The monoisotopic (exact) mass is 382 g/mol. The number of ether oxygens (including phenoxy) is 1. The molecule has 2 N–H and O–H groups in total. The van der Waals surface area contributed by atoms with Gasteiger partial charge in [-0.25, -0.2) is 4.98 Å². The molecule has 0 aliphatic rings. The molecular formula is C18H17F3N2O4. The third kappa shape index (κ3) is 6.28. The van der Waals surface area contributed by atoms with E-state index in [-0.39, 0.29) is 5.56 Å². The number of anilines is 1. The summed E-state index contributed by atoms with van der Waals surface area (Å²) in [6, 6.07) is 9.20. The SMILES string of the molecule is CC(Cc1ccc(NC(=O)c2cccnc2OCC(F)(F)F)cc1)C(=O)O. The fourth-order valence-electron chi connectivity index (χ4n) is 2.19. The third-order valence-corrected chi connectivity index (χ3v) is 3.56. The Labute approximate surface area is 153 Å². The fraction of sp³-hybridized carbons (Fsp3) is 0.278. The van der Waals surface area contributed by atoms with Gasteiger partial charge < -0.3 is 15.2 Å². The number of carbonyl (C=O) groups is 2. The maximum absolute atomic E-state index is 12.3. The van der Waals surface area contributed by atoms with Crippen molar-refractivity contribution in [3.63, 3.8) is 0 Å². The summed E-state index contributed by atoms with van der Waals surface area (Å²) in [6.07, 6.45) is -2.99. The Morgan fingerprint density at radius 1 is 1.22 bits per heavy atom. The molecule has 1 aromatic carbocycles. The Balaban J connectivity index is 2.06. The van der Waals surface area contributed by atoms with Crippen molar-refractivity contribution in [1.29, 1.82) is 0 Å². The number of carbonyl (C=O) groups excluding carboxylic acids is 1. The molecule has 144 valence electrons. The predicted molar refractivity (Wildman–Crippen MR) is 90.7 cm³/mol. The lowest BCUT2D eigenvalue weighted by atomic mass is 10.0. The standard InChI is InChI=1S/C18H17F3N2O4/c1-11(17(25)26)9-12-4-6-13(7-5-12)23-15(24)14-3-2-8-22-16(14)27-10-18(19,20)21/h2-8,11H,9-10H2,1H3,(H,23,24)(H,25,26). The fourth-order valence-corrected chi connectivity index (χ4v) is 2.19. The van der Waals surface area contributed by atoms with Gasteiger partial charge in [0.25, 0.3) is 5.91 Å². The van der Waals surface area contributed by atoms with Crippen molar-refractivity contribution in [2.45, 2.75) is 19.5 Å². The molecule has 2 aromatic rings. The van der Waals surface area contributed by atoms with Gasteiger partial charge in [-0.1, -0.05) is 19.1 Å². The van der Waals surface area contributed by atoms with Gasteiger partial charge in [0.15, 0.2) is 6.61 Å². The number of benzene rings is 1. The lowest BCUT2D eigenvalue weighted by Crippen LogP contribution is -2.22. The van der Waals surface area contributed by atoms with Crippen LogP contribution in [0.5, 0.6) is 5.88 Å². The smallest absolute Gasteiger partial charge is 0.422 e. The average molecular weight is 382 g/mol. The van der Waals surface area contributed by atoms with Gasteiger partial charge in [-0.05, 0) is 36.2 Å². The maximum atomic E-state index is 12.3. The molecule has 0 aliphatic heterocycles. The first-order valence-corrected chi connectivity index (χ1v) is 7.93. The quantitative estimate of drug-likeness (QED) is 0.765. The number of amides is 1.